The number of aromatic hydroxyl groups is 1. The minimum Gasteiger partial charge on any atom is -0.508 e. The molecule has 1 aliphatic rings. The summed E-state index contributed by atoms with van der Waals surface area (Å²) in [5.41, 5.74) is 0.0774. The lowest BCUT2D eigenvalue weighted by Gasteiger charge is -2.24. The van der Waals surface area contributed by atoms with Gasteiger partial charge < -0.3 is 20.3 Å². The maximum atomic E-state index is 10.1. The van der Waals surface area contributed by atoms with E-state index in [0.717, 1.165) is 5.56 Å². The fourth-order valence-corrected chi connectivity index (χ4v) is 2.04. The molecule has 0 aliphatic carbocycles. The molecule has 17 heavy (non-hydrogen) atoms. The lowest BCUT2D eigenvalue weighted by molar-refractivity contribution is 0.0251. The Balaban J connectivity index is 1.93. The van der Waals surface area contributed by atoms with Gasteiger partial charge in [-0.15, -0.1) is 0 Å². The van der Waals surface area contributed by atoms with Gasteiger partial charge in [-0.05, 0) is 13.0 Å². The summed E-state index contributed by atoms with van der Waals surface area (Å²) in [6, 6.07) is 7.23. The van der Waals surface area contributed by atoms with Crippen molar-refractivity contribution in [3.63, 3.8) is 0 Å². The minimum atomic E-state index is -0.765. The Morgan fingerprint density at radius 3 is 2.88 bits per heavy atom. The number of rotatable bonds is 4. The molecule has 1 fully saturated rings. The van der Waals surface area contributed by atoms with E-state index in [2.05, 4.69) is 5.32 Å². The molecule has 0 bridgehead atoms. The fraction of sp³-hybridized carbons (Fsp3) is 0.538. The molecule has 0 saturated carbocycles. The van der Waals surface area contributed by atoms with Crippen molar-refractivity contribution in [2.24, 2.45) is 0 Å². The molecule has 1 saturated heterocycles. The smallest absolute Gasteiger partial charge is 0.120 e. The van der Waals surface area contributed by atoms with Gasteiger partial charge in [0.1, 0.15) is 11.4 Å². The van der Waals surface area contributed by atoms with Gasteiger partial charge in [-0.2, -0.15) is 0 Å². The average Bonchev–Trinajstić information content (AvgIpc) is 2.74. The summed E-state index contributed by atoms with van der Waals surface area (Å²) in [6.45, 7) is 3.44. The summed E-state index contributed by atoms with van der Waals surface area (Å²) in [5.74, 6) is 0.280. The quantitative estimate of drug-likeness (QED) is 0.736. The van der Waals surface area contributed by atoms with Crippen LogP contribution in [0, 0.1) is 0 Å². The number of benzene rings is 1. The first-order valence-corrected chi connectivity index (χ1v) is 5.92. The number of aliphatic hydroxyl groups is 1. The molecule has 0 spiro atoms. The number of hydrogen-bond acceptors (Lipinski definition) is 4. The van der Waals surface area contributed by atoms with Crippen molar-refractivity contribution in [1.29, 1.82) is 0 Å². The van der Waals surface area contributed by atoms with Gasteiger partial charge in [-0.25, -0.2) is 0 Å². The molecule has 0 radical (unpaired) electrons. The Bertz CT molecular complexity index is 375. The van der Waals surface area contributed by atoms with E-state index in [9.17, 15) is 10.2 Å². The van der Waals surface area contributed by atoms with Crippen LogP contribution in [-0.4, -0.2) is 35.6 Å². The fourth-order valence-electron chi connectivity index (χ4n) is 2.04. The van der Waals surface area contributed by atoms with E-state index in [0.29, 0.717) is 26.2 Å². The molecule has 2 unspecified atom stereocenters. The Hall–Kier alpha value is -1.10. The van der Waals surface area contributed by atoms with E-state index in [1.54, 1.807) is 12.1 Å². The third-order valence-corrected chi connectivity index (χ3v) is 3.22. The van der Waals surface area contributed by atoms with Gasteiger partial charge >= 0.3 is 0 Å². The van der Waals surface area contributed by atoms with Crippen LogP contribution in [-0.2, 0) is 4.74 Å². The standard InChI is InChI=1S/C13H19NO3/c1-10(11-4-2-3-5-12(11)15)14-8-13(16)6-7-17-9-13/h2-5,10,14-16H,6-9H2,1H3. The normalized spacial score (nSPS) is 26.0. The highest BCUT2D eigenvalue weighted by Crippen LogP contribution is 2.24. The van der Waals surface area contributed by atoms with Crippen molar-refractivity contribution in [2.75, 3.05) is 19.8 Å². The van der Waals surface area contributed by atoms with E-state index < -0.39 is 5.60 Å². The zero-order chi connectivity index (χ0) is 12.3. The summed E-state index contributed by atoms with van der Waals surface area (Å²) in [6.07, 6.45) is 0.660. The van der Waals surface area contributed by atoms with Crippen molar-refractivity contribution >= 4 is 0 Å². The number of ether oxygens (including phenoxy) is 1. The second-order valence-corrected chi connectivity index (χ2v) is 4.69. The second-order valence-electron chi connectivity index (χ2n) is 4.69. The van der Waals surface area contributed by atoms with Gasteiger partial charge in [0.15, 0.2) is 0 Å². The zero-order valence-electron chi connectivity index (χ0n) is 10.0. The molecule has 94 valence electrons. The van der Waals surface area contributed by atoms with Gasteiger partial charge in [-0.1, -0.05) is 18.2 Å². The molecule has 3 N–H and O–H groups in total. The summed E-state index contributed by atoms with van der Waals surface area (Å²) in [7, 11) is 0. The van der Waals surface area contributed by atoms with Gasteiger partial charge in [0.05, 0.1) is 6.61 Å². The topological polar surface area (TPSA) is 61.7 Å². The van der Waals surface area contributed by atoms with E-state index in [-0.39, 0.29) is 11.8 Å². The molecule has 2 rings (SSSR count). The molecule has 4 nitrogen and oxygen atoms in total. The second kappa shape index (κ2) is 5.04. The van der Waals surface area contributed by atoms with Crippen LogP contribution in [0.25, 0.3) is 0 Å². The summed E-state index contributed by atoms with van der Waals surface area (Å²) in [4.78, 5) is 0. The predicted molar refractivity (Wildman–Crippen MR) is 64.9 cm³/mol. The van der Waals surface area contributed by atoms with Crippen LogP contribution in [0.3, 0.4) is 0 Å². The van der Waals surface area contributed by atoms with Gasteiger partial charge in [0, 0.05) is 31.2 Å². The Morgan fingerprint density at radius 2 is 2.24 bits per heavy atom. The molecule has 2 atom stereocenters. The lowest BCUT2D eigenvalue weighted by Crippen LogP contribution is -2.41. The summed E-state index contributed by atoms with van der Waals surface area (Å²) < 4.78 is 5.18. The van der Waals surface area contributed by atoms with E-state index in [1.165, 1.54) is 0 Å². The van der Waals surface area contributed by atoms with Crippen LogP contribution in [0.2, 0.25) is 0 Å². The molecule has 1 aliphatic heterocycles. The number of phenolic OH excluding ortho intramolecular Hbond substituents is 1. The summed E-state index contributed by atoms with van der Waals surface area (Å²) >= 11 is 0. The summed E-state index contributed by atoms with van der Waals surface area (Å²) in [5, 5.41) is 23.0. The third kappa shape index (κ3) is 2.97. The van der Waals surface area contributed by atoms with Crippen molar-refractivity contribution in [3.05, 3.63) is 29.8 Å². The van der Waals surface area contributed by atoms with Gasteiger partial charge in [-0.3, -0.25) is 0 Å². The molecule has 0 aromatic heterocycles. The maximum absolute atomic E-state index is 10.1. The molecule has 1 aromatic rings. The Morgan fingerprint density at radius 1 is 1.47 bits per heavy atom. The first-order valence-electron chi connectivity index (χ1n) is 5.92. The predicted octanol–water partition coefficient (Wildman–Crippen LogP) is 1.19. The number of hydrogen-bond donors (Lipinski definition) is 3. The Kier molecular flexibility index (Phi) is 3.66. The van der Waals surface area contributed by atoms with Crippen molar-refractivity contribution < 1.29 is 14.9 Å². The van der Waals surface area contributed by atoms with Crippen molar-refractivity contribution in [1.82, 2.24) is 5.32 Å². The first kappa shape index (κ1) is 12.4. The van der Waals surface area contributed by atoms with Crippen LogP contribution in [0.1, 0.15) is 24.9 Å². The zero-order valence-corrected chi connectivity index (χ0v) is 10.0. The Labute approximate surface area is 101 Å². The van der Waals surface area contributed by atoms with E-state index in [4.69, 9.17) is 4.74 Å². The van der Waals surface area contributed by atoms with Crippen LogP contribution in [0.4, 0.5) is 0 Å². The third-order valence-electron chi connectivity index (χ3n) is 3.22. The maximum Gasteiger partial charge on any atom is 0.120 e. The van der Waals surface area contributed by atoms with Gasteiger partial charge in [0.25, 0.3) is 0 Å². The van der Waals surface area contributed by atoms with Crippen molar-refractivity contribution in [2.45, 2.75) is 25.0 Å². The molecule has 1 aromatic carbocycles. The largest absolute Gasteiger partial charge is 0.508 e. The number of phenols is 1. The number of para-hydroxylation sites is 1. The molecular formula is C13H19NO3. The highest BCUT2D eigenvalue weighted by atomic mass is 16.5. The molecular weight excluding hydrogens is 218 g/mol. The van der Waals surface area contributed by atoms with Crippen LogP contribution in [0.15, 0.2) is 24.3 Å². The van der Waals surface area contributed by atoms with Gasteiger partial charge in [0.2, 0.25) is 0 Å². The van der Waals surface area contributed by atoms with E-state index in [1.807, 2.05) is 19.1 Å². The van der Waals surface area contributed by atoms with Crippen molar-refractivity contribution in [3.8, 4) is 5.75 Å². The lowest BCUT2D eigenvalue weighted by atomic mass is 10.0. The van der Waals surface area contributed by atoms with Crippen LogP contribution in [0.5, 0.6) is 5.75 Å². The van der Waals surface area contributed by atoms with Crippen LogP contribution >= 0.6 is 0 Å². The molecule has 4 heteroatoms. The highest BCUT2D eigenvalue weighted by Gasteiger charge is 2.32. The molecule has 1 heterocycles. The van der Waals surface area contributed by atoms with E-state index >= 15 is 0 Å². The monoisotopic (exact) mass is 237 g/mol. The first-order chi connectivity index (χ1) is 8.11. The minimum absolute atomic E-state index is 0.000764. The van der Waals surface area contributed by atoms with Crippen LogP contribution < -0.4 is 5.32 Å². The SMILES string of the molecule is CC(NCC1(O)CCOC1)c1ccccc1O. The average molecular weight is 237 g/mol. The molecule has 0 amide bonds. The number of nitrogens with one attached hydrogen (secondary N) is 1. The highest BCUT2D eigenvalue weighted by molar-refractivity contribution is 5.34.